The van der Waals surface area contributed by atoms with Crippen LogP contribution in [0.4, 0.5) is 5.69 Å². The van der Waals surface area contributed by atoms with E-state index in [9.17, 15) is 4.79 Å². The predicted octanol–water partition coefficient (Wildman–Crippen LogP) is 2.57. The number of rotatable bonds is 5. The highest BCUT2D eigenvalue weighted by Gasteiger charge is 2.18. The predicted molar refractivity (Wildman–Crippen MR) is 105 cm³/mol. The van der Waals surface area contributed by atoms with Gasteiger partial charge in [-0.2, -0.15) is 15.0 Å². The first-order chi connectivity index (χ1) is 13.2. The van der Waals surface area contributed by atoms with Gasteiger partial charge < -0.3 is 10.0 Å². The number of hydrogen-bond donors (Lipinski definition) is 2. The normalized spacial score (nSPS) is 12.7. The van der Waals surface area contributed by atoms with Gasteiger partial charge in [-0.15, -0.1) is 0 Å². The lowest BCUT2D eigenvalue weighted by Crippen LogP contribution is -2.39. The van der Waals surface area contributed by atoms with Gasteiger partial charge in [0.25, 0.3) is 5.91 Å². The topological polar surface area (TPSA) is 84.2 Å². The Hall–Kier alpha value is -3.13. The first-order valence-electron chi connectivity index (χ1n) is 8.56. The largest absolute Gasteiger partial charge is 0.349 e. The summed E-state index contributed by atoms with van der Waals surface area (Å²) in [7, 11) is 0. The maximum absolute atomic E-state index is 12.4. The van der Waals surface area contributed by atoms with Crippen LogP contribution in [-0.2, 0) is 11.2 Å². The first-order valence-corrected chi connectivity index (χ1v) is 9.37. The van der Waals surface area contributed by atoms with Crippen LogP contribution >= 0.6 is 11.9 Å². The van der Waals surface area contributed by atoms with E-state index in [0.717, 1.165) is 27.4 Å². The molecule has 3 aromatic rings. The van der Waals surface area contributed by atoms with Gasteiger partial charge >= 0.3 is 0 Å². The number of nitrogens with zero attached hydrogens (tertiary/aromatic N) is 4. The molecule has 0 saturated heterocycles. The molecule has 1 amide bonds. The summed E-state index contributed by atoms with van der Waals surface area (Å²) in [5.74, 6) is 0.0989. The molecule has 2 aromatic carbocycles. The zero-order chi connectivity index (χ0) is 18.6. The summed E-state index contributed by atoms with van der Waals surface area (Å²) >= 11 is 1.41. The van der Waals surface area contributed by atoms with Crippen molar-refractivity contribution in [2.75, 3.05) is 6.54 Å². The smallest absolute Gasteiger partial charge is 0.287 e. The Kier molecular flexibility index (Phi) is 4.88. The Labute approximate surface area is 161 Å². The number of carbonyl (C=O) groups is 1. The van der Waals surface area contributed by atoms with Crippen LogP contribution in [0.3, 0.4) is 0 Å². The van der Waals surface area contributed by atoms with E-state index in [-0.39, 0.29) is 5.91 Å². The second-order valence-electron chi connectivity index (χ2n) is 6.09. The fourth-order valence-corrected chi connectivity index (χ4v) is 3.60. The summed E-state index contributed by atoms with van der Waals surface area (Å²) in [6.07, 6.45) is 3.95. The second kappa shape index (κ2) is 7.63. The molecule has 2 N–H and O–H groups in total. The van der Waals surface area contributed by atoms with Crippen molar-refractivity contribution in [3.05, 3.63) is 66.0 Å². The molecule has 0 spiro atoms. The average molecular weight is 378 g/mol. The van der Waals surface area contributed by atoms with Gasteiger partial charge in [-0.1, -0.05) is 24.3 Å². The van der Waals surface area contributed by atoms with E-state index in [1.54, 1.807) is 17.2 Å². The molecule has 8 heteroatoms. The van der Waals surface area contributed by atoms with Crippen LogP contribution in [0.25, 0.3) is 5.69 Å². The van der Waals surface area contributed by atoms with Crippen LogP contribution in [0, 0.1) is 6.92 Å². The van der Waals surface area contributed by atoms with Crippen LogP contribution in [-0.4, -0.2) is 33.3 Å². The van der Waals surface area contributed by atoms with E-state index in [2.05, 4.69) is 25.2 Å². The zero-order valence-electron chi connectivity index (χ0n) is 14.7. The van der Waals surface area contributed by atoms with Crippen molar-refractivity contribution in [3.63, 3.8) is 0 Å². The fourth-order valence-electron chi connectivity index (χ4n) is 2.79. The van der Waals surface area contributed by atoms with E-state index in [1.165, 1.54) is 11.9 Å². The number of nitrogens with one attached hydrogen (secondary N) is 2. The lowest BCUT2D eigenvalue weighted by atomic mass is 10.1. The Morgan fingerprint density at radius 3 is 2.85 bits per heavy atom. The third-order valence-corrected chi connectivity index (χ3v) is 4.97. The van der Waals surface area contributed by atoms with Gasteiger partial charge in [0.2, 0.25) is 5.84 Å². The number of para-hydroxylation sites is 1. The van der Waals surface area contributed by atoms with Crippen molar-refractivity contribution in [2.24, 2.45) is 4.99 Å². The van der Waals surface area contributed by atoms with Gasteiger partial charge in [-0.05, 0) is 54.6 Å². The summed E-state index contributed by atoms with van der Waals surface area (Å²) in [5.41, 5.74) is 3.94. The maximum Gasteiger partial charge on any atom is 0.287 e. The third-order valence-electron chi connectivity index (χ3n) is 4.13. The van der Waals surface area contributed by atoms with E-state index in [0.29, 0.717) is 18.8 Å². The van der Waals surface area contributed by atoms with Crippen molar-refractivity contribution >= 4 is 29.4 Å². The van der Waals surface area contributed by atoms with Gasteiger partial charge in [0.1, 0.15) is 0 Å². The number of fused-ring (bicyclic) bond motifs is 1. The van der Waals surface area contributed by atoms with Gasteiger partial charge in [0, 0.05) is 6.54 Å². The quantitative estimate of drug-likeness (QED) is 0.667. The standard InChI is InChI=1S/C19H18N6OS/c1-13-6-7-15-17(12-13)27-24-18(23-15)19(26)20-9-8-14-4-2-3-5-16(14)25-21-10-11-22-25/h2-7,10-12H,8-9H2,1H3,(H,20,26)(H,23,24). The number of hydrogen-bond acceptors (Lipinski definition) is 6. The monoisotopic (exact) mass is 378 g/mol. The molecule has 1 aliphatic heterocycles. The number of amidine groups is 1. The van der Waals surface area contributed by atoms with Gasteiger partial charge in [-0.3, -0.25) is 4.79 Å². The Morgan fingerprint density at radius 2 is 2.00 bits per heavy atom. The minimum Gasteiger partial charge on any atom is -0.349 e. The number of aliphatic imine (C=N–C) groups is 1. The van der Waals surface area contributed by atoms with E-state index in [1.807, 2.05) is 49.4 Å². The lowest BCUT2D eigenvalue weighted by molar-refractivity contribution is -0.114. The SMILES string of the molecule is Cc1ccc2c(c1)SNC(C(=O)NCCc1ccccc1-n1nccn1)=N2. The molecular weight excluding hydrogens is 360 g/mol. The van der Waals surface area contributed by atoms with Crippen molar-refractivity contribution in [2.45, 2.75) is 18.2 Å². The molecule has 0 atom stereocenters. The molecule has 0 aliphatic carbocycles. The van der Waals surface area contributed by atoms with Gasteiger partial charge in [0.15, 0.2) is 0 Å². The molecule has 136 valence electrons. The molecule has 0 bridgehead atoms. The summed E-state index contributed by atoms with van der Waals surface area (Å²) in [4.78, 5) is 19.5. The van der Waals surface area contributed by atoms with E-state index in [4.69, 9.17) is 0 Å². The minimum absolute atomic E-state index is 0.219. The molecule has 0 radical (unpaired) electrons. The zero-order valence-corrected chi connectivity index (χ0v) is 15.5. The summed E-state index contributed by atoms with van der Waals surface area (Å²) in [6, 6.07) is 13.8. The molecule has 4 rings (SSSR count). The molecule has 1 aliphatic rings. The molecule has 7 nitrogen and oxygen atoms in total. The first kappa shape index (κ1) is 17.3. The summed E-state index contributed by atoms with van der Waals surface area (Å²) in [6.45, 7) is 2.52. The maximum atomic E-state index is 12.4. The van der Waals surface area contributed by atoms with E-state index < -0.39 is 0 Å². The highest BCUT2D eigenvalue weighted by molar-refractivity contribution is 7.98. The second-order valence-corrected chi connectivity index (χ2v) is 6.94. The van der Waals surface area contributed by atoms with Crippen LogP contribution in [0.15, 0.2) is 64.7 Å². The number of benzene rings is 2. The molecule has 27 heavy (non-hydrogen) atoms. The van der Waals surface area contributed by atoms with Crippen molar-refractivity contribution in [3.8, 4) is 5.69 Å². The molecule has 0 fully saturated rings. The van der Waals surface area contributed by atoms with Crippen LogP contribution in [0.2, 0.25) is 0 Å². The number of amides is 1. The van der Waals surface area contributed by atoms with Crippen molar-refractivity contribution in [1.82, 2.24) is 25.0 Å². The number of aryl methyl sites for hydroxylation is 1. The van der Waals surface area contributed by atoms with Crippen LogP contribution in [0.1, 0.15) is 11.1 Å². The fraction of sp³-hybridized carbons (Fsp3) is 0.158. The lowest BCUT2D eigenvalue weighted by Gasteiger charge is -2.16. The Balaban J connectivity index is 1.40. The molecule has 0 unspecified atom stereocenters. The van der Waals surface area contributed by atoms with Crippen molar-refractivity contribution < 1.29 is 4.79 Å². The van der Waals surface area contributed by atoms with Gasteiger partial charge in [0.05, 0.1) is 28.7 Å². The molecule has 2 heterocycles. The average Bonchev–Trinajstić information content (AvgIpc) is 3.22. The molecular formula is C19H18N6OS. The summed E-state index contributed by atoms with van der Waals surface area (Å²) < 4.78 is 3.02. The van der Waals surface area contributed by atoms with Gasteiger partial charge in [-0.25, -0.2) is 4.99 Å². The van der Waals surface area contributed by atoms with Crippen LogP contribution < -0.4 is 10.0 Å². The number of carbonyl (C=O) groups excluding carboxylic acids is 1. The van der Waals surface area contributed by atoms with E-state index >= 15 is 0 Å². The Bertz CT molecular complexity index is 999. The highest BCUT2D eigenvalue weighted by Crippen LogP contribution is 2.31. The number of aromatic nitrogens is 3. The van der Waals surface area contributed by atoms with Crippen LogP contribution in [0.5, 0.6) is 0 Å². The Morgan fingerprint density at radius 1 is 1.19 bits per heavy atom. The van der Waals surface area contributed by atoms with Crippen molar-refractivity contribution in [1.29, 1.82) is 0 Å². The molecule has 0 saturated carbocycles. The minimum atomic E-state index is -0.219. The third kappa shape index (κ3) is 3.85. The molecule has 1 aromatic heterocycles. The summed E-state index contributed by atoms with van der Waals surface area (Å²) in [5, 5.41) is 11.3. The highest BCUT2D eigenvalue weighted by atomic mass is 32.2.